The summed E-state index contributed by atoms with van der Waals surface area (Å²) in [5.74, 6) is -10.3. The van der Waals surface area contributed by atoms with Crippen molar-refractivity contribution >= 4 is 11.7 Å². The lowest BCUT2D eigenvalue weighted by atomic mass is 9.47. The highest BCUT2D eigenvalue weighted by Crippen LogP contribution is 2.65. The number of nitrogens with one attached hydrogen (secondary N) is 1. The van der Waals surface area contributed by atoms with Gasteiger partial charge in [-0.15, -0.1) is 0 Å². The summed E-state index contributed by atoms with van der Waals surface area (Å²) in [6, 6.07) is 0.112. The Hall–Kier alpha value is -2.25. The molecule has 3 saturated carbocycles. The molecule has 0 radical (unpaired) electrons. The van der Waals surface area contributed by atoms with E-state index in [4.69, 9.17) is 0 Å². The zero-order chi connectivity index (χ0) is 26.9. The van der Waals surface area contributed by atoms with Crippen molar-refractivity contribution < 1.29 is 31.5 Å². The van der Waals surface area contributed by atoms with Crippen LogP contribution in [0.1, 0.15) is 83.6 Å². The van der Waals surface area contributed by atoms with Crippen molar-refractivity contribution in [2.24, 2.45) is 34.5 Å². The molecule has 4 aliphatic rings. The normalized spacial score (nSPS) is 37.4. The highest BCUT2D eigenvalue weighted by molar-refractivity contribution is 5.89. The van der Waals surface area contributed by atoms with E-state index in [1.807, 2.05) is 0 Å². The molecule has 3 fully saturated rings. The first kappa shape index (κ1) is 26.4. The molecule has 1 unspecified atom stereocenters. The fraction of sp³-hybridized carbons (Fsp3) is 0.655. The molecule has 37 heavy (non-hydrogen) atoms. The molecule has 3 nitrogen and oxygen atoms in total. The molecule has 0 spiro atoms. The molecule has 8 atom stereocenters. The van der Waals surface area contributed by atoms with E-state index in [0.29, 0.717) is 24.2 Å². The van der Waals surface area contributed by atoms with Crippen LogP contribution in [-0.4, -0.2) is 17.7 Å². The Kier molecular flexibility index (Phi) is 6.55. The van der Waals surface area contributed by atoms with E-state index < -0.39 is 40.6 Å². The van der Waals surface area contributed by atoms with Gasteiger partial charge in [-0.3, -0.25) is 9.59 Å². The number of benzene rings is 1. The Balaban J connectivity index is 1.38. The topological polar surface area (TPSA) is 46.2 Å². The molecule has 0 saturated heterocycles. The van der Waals surface area contributed by atoms with Gasteiger partial charge in [-0.2, -0.15) is 0 Å². The largest absolute Gasteiger partial charge is 0.349 e. The third-order valence-electron chi connectivity index (χ3n) is 10.7. The SMILES string of the molecule is CCC(CC(=O)[C@H]1CC[C@H]2[C@@H]3CC[C@H]4NC(=O)C=C[C@]4(C)[C@H]3CC[C@]12C)c1c(F)c(F)c(F)c(F)c1F. The minimum atomic E-state index is -2.18. The van der Waals surface area contributed by atoms with E-state index >= 15 is 0 Å². The van der Waals surface area contributed by atoms with Crippen LogP contribution in [0.4, 0.5) is 22.0 Å². The molecule has 8 heteroatoms. The van der Waals surface area contributed by atoms with Gasteiger partial charge in [-0.05, 0) is 80.1 Å². The molecular weight excluding hydrogens is 489 g/mol. The van der Waals surface area contributed by atoms with E-state index in [1.165, 1.54) is 0 Å². The molecule has 0 aromatic heterocycles. The summed E-state index contributed by atoms with van der Waals surface area (Å²) in [4.78, 5) is 25.6. The smallest absolute Gasteiger partial charge is 0.243 e. The van der Waals surface area contributed by atoms with Crippen LogP contribution < -0.4 is 5.32 Å². The van der Waals surface area contributed by atoms with Gasteiger partial charge in [0.25, 0.3) is 0 Å². The number of halogens is 5. The minimum absolute atomic E-state index is 0.0487. The van der Waals surface area contributed by atoms with E-state index in [0.717, 1.165) is 32.1 Å². The number of hydrogen-bond donors (Lipinski definition) is 1. The maximum Gasteiger partial charge on any atom is 0.243 e. The Morgan fingerprint density at radius 3 is 2.24 bits per heavy atom. The number of Topliss-reactive ketones (excluding diaryl/α,β-unsaturated/α-hetero) is 1. The third kappa shape index (κ3) is 3.87. The number of ketones is 1. The quantitative estimate of drug-likeness (QED) is 0.264. The van der Waals surface area contributed by atoms with E-state index in [2.05, 4.69) is 25.2 Å². The van der Waals surface area contributed by atoms with Crippen LogP contribution in [0.15, 0.2) is 12.2 Å². The number of hydrogen-bond acceptors (Lipinski definition) is 2. The van der Waals surface area contributed by atoms with Crippen LogP contribution in [0.2, 0.25) is 0 Å². The van der Waals surface area contributed by atoms with Crippen molar-refractivity contribution in [2.75, 3.05) is 0 Å². The van der Waals surface area contributed by atoms with Crippen LogP contribution >= 0.6 is 0 Å². The average molecular weight is 524 g/mol. The molecule has 0 bridgehead atoms. The summed E-state index contributed by atoms with van der Waals surface area (Å²) >= 11 is 0. The van der Waals surface area contributed by atoms with Crippen LogP contribution in [0.5, 0.6) is 0 Å². The van der Waals surface area contributed by atoms with Gasteiger partial charge in [0.2, 0.25) is 11.7 Å². The highest BCUT2D eigenvalue weighted by atomic mass is 19.2. The monoisotopic (exact) mass is 523 g/mol. The van der Waals surface area contributed by atoms with Crippen molar-refractivity contribution in [2.45, 2.75) is 84.1 Å². The molecule has 5 rings (SSSR count). The van der Waals surface area contributed by atoms with Crippen LogP contribution in [-0.2, 0) is 9.59 Å². The first-order valence-corrected chi connectivity index (χ1v) is 13.5. The molecular formula is C29H34F5NO2. The number of amides is 1. The lowest BCUT2D eigenvalue weighted by Crippen LogP contribution is -2.59. The Morgan fingerprint density at radius 1 is 0.946 bits per heavy atom. The summed E-state index contributed by atoms with van der Waals surface area (Å²) in [6.07, 6.45) is 8.71. The van der Waals surface area contributed by atoms with Crippen LogP contribution in [0.25, 0.3) is 0 Å². The van der Waals surface area contributed by atoms with E-state index in [-0.39, 0.29) is 47.3 Å². The van der Waals surface area contributed by atoms with Crippen LogP contribution in [0.3, 0.4) is 0 Å². The maximum atomic E-state index is 14.5. The third-order valence-corrected chi connectivity index (χ3v) is 10.7. The standard InChI is InChI=1S/C29H34F5NO2/c1-4-14(22-23(30)25(32)27(34)26(33)24(22)31)13-19(36)18-7-6-16-15-5-8-20-29(3,12-10-21(37)35-20)17(15)9-11-28(16,18)2/h10,12,14-18,20H,4-9,11,13H2,1-3H3,(H,35,37)/t14?,15-,16-,17-,18+,20+,28-,29+/m0/s1. The number of fused-ring (bicyclic) bond motifs is 5. The van der Waals surface area contributed by atoms with E-state index in [9.17, 15) is 31.5 Å². The number of carbonyl (C=O) groups is 2. The molecule has 1 aliphatic heterocycles. The fourth-order valence-corrected chi connectivity index (χ4v) is 8.68. The summed E-state index contributed by atoms with van der Waals surface area (Å²) < 4.78 is 70.4. The molecule has 1 heterocycles. The molecule has 1 aromatic carbocycles. The van der Waals surface area contributed by atoms with Crippen molar-refractivity contribution in [1.82, 2.24) is 5.32 Å². The highest BCUT2D eigenvalue weighted by Gasteiger charge is 2.60. The number of carbonyl (C=O) groups excluding carboxylic acids is 2. The van der Waals surface area contributed by atoms with Gasteiger partial charge >= 0.3 is 0 Å². The predicted octanol–water partition coefficient (Wildman–Crippen LogP) is 6.75. The number of rotatable bonds is 5. The first-order chi connectivity index (χ1) is 17.4. The van der Waals surface area contributed by atoms with Gasteiger partial charge in [0.15, 0.2) is 23.3 Å². The minimum Gasteiger partial charge on any atom is -0.349 e. The molecule has 1 amide bonds. The van der Waals surface area contributed by atoms with Crippen molar-refractivity contribution in [3.05, 3.63) is 46.8 Å². The second-order valence-corrected chi connectivity index (χ2v) is 12.1. The average Bonchev–Trinajstić information content (AvgIpc) is 3.23. The summed E-state index contributed by atoms with van der Waals surface area (Å²) in [5.41, 5.74) is -1.27. The lowest BCUT2D eigenvalue weighted by Gasteiger charge is -2.58. The molecule has 3 aliphatic carbocycles. The zero-order valence-electron chi connectivity index (χ0n) is 21.5. The second-order valence-electron chi connectivity index (χ2n) is 12.1. The van der Waals surface area contributed by atoms with Gasteiger partial charge < -0.3 is 5.32 Å². The lowest BCUT2D eigenvalue weighted by molar-refractivity contribution is -0.132. The van der Waals surface area contributed by atoms with Crippen LogP contribution in [0, 0.1) is 63.6 Å². The van der Waals surface area contributed by atoms with Gasteiger partial charge in [0.05, 0.1) is 0 Å². The van der Waals surface area contributed by atoms with Crippen molar-refractivity contribution in [3.63, 3.8) is 0 Å². The first-order valence-electron chi connectivity index (χ1n) is 13.5. The summed E-state index contributed by atoms with van der Waals surface area (Å²) in [7, 11) is 0. The van der Waals surface area contributed by atoms with Gasteiger partial charge in [-0.1, -0.05) is 26.8 Å². The second kappa shape index (κ2) is 9.19. The fourth-order valence-electron chi connectivity index (χ4n) is 8.68. The van der Waals surface area contributed by atoms with Crippen molar-refractivity contribution in [1.29, 1.82) is 0 Å². The zero-order valence-corrected chi connectivity index (χ0v) is 21.5. The van der Waals surface area contributed by atoms with Crippen molar-refractivity contribution in [3.8, 4) is 0 Å². The Bertz CT molecular complexity index is 1140. The van der Waals surface area contributed by atoms with Gasteiger partial charge in [-0.25, -0.2) is 22.0 Å². The Morgan fingerprint density at radius 2 is 1.59 bits per heavy atom. The molecule has 1 aromatic rings. The summed E-state index contributed by atoms with van der Waals surface area (Å²) in [6.45, 7) is 5.96. The van der Waals surface area contributed by atoms with E-state index in [1.54, 1.807) is 13.0 Å². The van der Waals surface area contributed by atoms with Gasteiger partial charge in [0.1, 0.15) is 5.78 Å². The summed E-state index contributed by atoms with van der Waals surface area (Å²) in [5, 5.41) is 3.13. The van der Waals surface area contributed by atoms with Gasteiger partial charge in [0, 0.05) is 29.4 Å². The Labute approximate surface area is 214 Å². The molecule has 202 valence electrons. The molecule has 1 N–H and O–H groups in total. The maximum absolute atomic E-state index is 14.5. The predicted molar refractivity (Wildman–Crippen MR) is 128 cm³/mol.